The third kappa shape index (κ3) is 3.60. The van der Waals surface area contributed by atoms with Crippen LogP contribution >= 0.6 is 8.30 Å². The molecule has 0 N–H and O–H groups in total. The van der Waals surface area contributed by atoms with E-state index in [2.05, 4.69) is 85.8 Å². The zero-order chi connectivity index (χ0) is 18.1. The van der Waals surface area contributed by atoms with E-state index in [-0.39, 0.29) is 23.9 Å². The monoisotopic (exact) mass is 386 g/mol. The van der Waals surface area contributed by atoms with Crippen molar-refractivity contribution < 1.29 is 4.52 Å². The first-order valence-corrected chi connectivity index (χ1v) is 12.5. The minimum atomic E-state index is -0.389. The Bertz CT molecular complexity index is 684. The molecule has 2 aromatic carbocycles. The Labute approximate surface area is 162 Å². The third-order valence-corrected chi connectivity index (χ3v) is 10.1. The zero-order valence-electron chi connectivity index (χ0n) is 16.0. The van der Waals surface area contributed by atoms with E-state index in [1.807, 2.05) is 0 Å². The molecule has 138 valence electrons. The molecule has 0 bridgehead atoms. The van der Waals surface area contributed by atoms with Gasteiger partial charge in [0, 0.05) is 19.0 Å². The van der Waals surface area contributed by atoms with Crippen molar-refractivity contribution in [1.82, 2.24) is 4.67 Å². The lowest BCUT2D eigenvalue weighted by Gasteiger charge is -2.29. The zero-order valence-corrected chi connectivity index (χ0v) is 17.7. The van der Waals surface area contributed by atoms with E-state index in [4.69, 9.17) is 4.52 Å². The molecule has 4 rings (SSSR count). The van der Waals surface area contributed by atoms with Crippen molar-refractivity contribution in [3.05, 3.63) is 60.7 Å². The molecule has 26 heavy (non-hydrogen) atoms. The second-order valence-electron chi connectivity index (χ2n) is 7.88. The average molecular weight is 387 g/mol. The molecular weight excluding hydrogens is 357 g/mol. The molecule has 2 fully saturated rings. The normalized spacial score (nSPS) is 26.4. The maximum Gasteiger partial charge on any atom is 0.161 e. The fourth-order valence-corrected chi connectivity index (χ4v) is 9.03. The SMILES string of the molecule is CP1O[C@@H](CC(C)(C)[S+](c2ccccc2)c2ccccc2)[C@H]2CCCN21. The van der Waals surface area contributed by atoms with Crippen molar-refractivity contribution in [3.63, 3.8) is 0 Å². The van der Waals surface area contributed by atoms with Gasteiger partial charge in [-0.2, -0.15) is 0 Å². The summed E-state index contributed by atoms with van der Waals surface area (Å²) < 4.78 is 9.27. The van der Waals surface area contributed by atoms with Gasteiger partial charge in [0.1, 0.15) is 13.0 Å². The molecule has 2 aromatic rings. The van der Waals surface area contributed by atoms with E-state index in [1.54, 1.807) is 0 Å². The Morgan fingerprint density at radius 2 is 1.62 bits per heavy atom. The first kappa shape index (κ1) is 18.5. The largest absolute Gasteiger partial charge is 0.339 e. The van der Waals surface area contributed by atoms with Crippen LogP contribution in [-0.4, -0.2) is 34.8 Å². The number of rotatable bonds is 5. The predicted molar refractivity (Wildman–Crippen MR) is 113 cm³/mol. The predicted octanol–water partition coefficient (Wildman–Crippen LogP) is 5.70. The Morgan fingerprint density at radius 1 is 1.04 bits per heavy atom. The number of nitrogens with zero attached hydrogens (tertiary/aromatic N) is 1. The van der Waals surface area contributed by atoms with Gasteiger partial charge in [-0.25, -0.2) is 0 Å². The van der Waals surface area contributed by atoms with E-state index in [9.17, 15) is 0 Å². The highest BCUT2D eigenvalue weighted by molar-refractivity contribution is 7.98. The molecule has 2 aliphatic rings. The molecule has 2 aliphatic heterocycles. The van der Waals surface area contributed by atoms with Gasteiger partial charge in [-0.15, -0.1) is 0 Å². The van der Waals surface area contributed by atoms with Gasteiger partial charge < -0.3 is 4.52 Å². The fraction of sp³-hybridized carbons (Fsp3) is 0.455. The summed E-state index contributed by atoms with van der Waals surface area (Å²) in [6.45, 7) is 8.39. The van der Waals surface area contributed by atoms with E-state index >= 15 is 0 Å². The van der Waals surface area contributed by atoms with Crippen LogP contribution in [0.25, 0.3) is 0 Å². The molecule has 3 atom stereocenters. The average Bonchev–Trinajstić information content (AvgIpc) is 3.22. The van der Waals surface area contributed by atoms with Gasteiger partial charge >= 0.3 is 0 Å². The van der Waals surface area contributed by atoms with Crippen LogP contribution in [0.5, 0.6) is 0 Å². The molecule has 0 aliphatic carbocycles. The highest BCUT2D eigenvalue weighted by Crippen LogP contribution is 2.54. The number of hydrogen-bond donors (Lipinski definition) is 0. The summed E-state index contributed by atoms with van der Waals surface area (Å²) in [4.78, 5) is 2.87. The molecule has 0 amide bonds. The molecule has 4 heteroatoms. The molecule has 0 aromatic heterocycles. The van der Waals surface area contributed by atoms with E-state index in [0.29, 0.717) is 12.1 Å². The van der Waals surface area contributed by atoms with E-state index in [0.717, 1.165) is 6.42 Å². The number of benzene rings is 2. The minimum Gasteiger partial charge on any atom is -0.339 e. The Balaban J connectivity index is 1.64. The summed E-state index contributed by atoms with van der Waals surface area (Å²) >= 11 is 0. The molecule has 0 spiro atoms. The van der Waals surface area contributed by atoms with Crippen molar-refractivity contribution in [2.24, 2.45) is 0 Å². The van der Waals surface area contributed by atoms with Gasteiger partial charge in [0.05, 0.1) is 17.0 Å². The topological polar surface area (TPSA) is 12.5 Å². The Morgan fingerprint density at radius 3 is 2.19 bits per heavy atom. The van der Waals surface area contributed by atoms with Crippen molar-refractivity contribution in [1.29, 1.82) is 0 Å². The van der Waals surface area contributed by atoms with Gasteiger partial charge in [-0.05, 0) is 57.6 Å². The summed E-state index contributed by atoms with van der Waals surface area (Å²) in [6, 6.07) is 22.7. The summed E-state index contributed by atoms with van der Waals surface area (Å²) in [7, 11) is -0.357. The van der Waals surface area contributed by atoms with Crippen molar-refractivity contribution >= 4 is 19.2 Å². The lowest BCUT2D eigenvalue weighted by molar-refractivity contribution is 0.186. The van der Waals surface area contributed by atoms with Crippen molar-refractivity contribution in [3.8, 4) is 0 Å². The standard InChI is InChI=1S/C22H29NOPS/c1-22(2,17-21-20-15-10-16-23(20)25(3)24-21)26(18-11-6-4-7-12-18)19-13-8-5-9-14-19/h4-9,11-14,20-21H,10,15-17H2,1-3H3/q+1/t20-,21+,25?/m1/s1. The second kappa shape index (κ2) is 7.64. The van der Waals surface area contributed by atoms with Gasteiger partial charge in [-0.3, -0.25) is 4.67 Å². The van der Waals surface area contributed by atoms with E-state index < -0.39 is 0 Å². The van der Waals surface area contributed by atoms with Crippen LogP contribution in [0, 0.1) is 0 Å². The first-order chi connectivity index (χ1) is 12.6. The fourth-order valence-electron chi connectivity index (χ4n) is 4.46. The van der Waals surface area contributed by atoms with E-state index in [1.165, 1.54) is 29.2 Å². The molecule has 2 nitrogen and oxygen atoms in total. The van der Waals surface area contributed by atoms with Crippen LogP contribution < -0.4 is 0 Å². The number of fused-ring (bicyclic) bond motifs is 1. The molecule has 0 saturated carbocycles. The van der Waals surface area contributed by atoms with Gasteiger partial charge in [0.2, 0.25) is 0 Å². The Kier molecular flexibility index (Phi) is 5.43. The quantitative estimate of drug-likeness (QED) is 0.483. The second-order valence-corrected chi connectivity index (χ2v) is 12.2. The third-order valence-electron chi connectivity index (χ3n) is 5.55. The maximum absolute atomic E-state index is 6.48. The molecular formula is C22H29NOPS+. The Hall–Kier alpha value is -0.860. The highest BCUT2D eigenvalue weighted by Gasteiger charge is 2.50. The van der Waals surface area contributed by atoms with Crippen LogP contribution in [0.4, 0.5) is 0 Å². The van der Waals surface area contributed by atoms with Crippen molar-refractivity contribution in [2.75, 3.05) is 13.2 Å². The van der Waals surface area contributed by atoms with Gasteiger partial charge in [0.15, 0.2) is 9.79 Å². The van der Waals surface area contributed by atoms with Crippen molar-refractivity contribution in [2.45, 2.75) is 59.8 Å². The van der Waals surface area contributed by atoms with Crippen LogP contribution in [-0.2, 0) is 15.4 Å². The number of hydrogen-bond acceptors (Lipinski definition) is 2. The van der Waals surface area contributed by atoms with Gasteiger partial charge in [-0.1, -0.05) is 36.4 Å². The summed E-state index contributed by atoms with van der Waals surface area (Å²) in [5.74, 6) is 0. The summed E-state index contributed by atoms with van der Waals surface area (Å²) in [6.07, 6.45) is 4.14. The molecule has 2 saturated heterocycles. The maximum atomic E-state index is 6.48. The first-order valence-electron chi connectivity index (χ1n) is 9.58. The van der Waals surface area contributed by atoms with Crippen LogP contribution in [0.15, 0.2) is 70.5 Å². The highest BCUT2D eigenvalue weighted by atomic mass is 32.2. The smallest absolute Gasteiger partial charge is 0.161 e. The summed E-state index contributed by atoms with van der Waals surface area (Å²) in [5, 5.41) is 0. The van der Waals surface area contributed by atoms with Crippen LogP contribution in [0.2, 0.25) is 0 Å². The van der Waals surface area contributed by atoms with Crippen LogP contribution in [0.3, 0.4) is 0 Å². The lowest BCUT2D eigenvalue weighted by atomic mass is 9.98. The van der Waals surface area contributed by atoms with Gasteiger partial charge in [0.25, 0.3) is 0 Å². The lowest BCUT2D eigenvalue weighted by Crippen LogP contribution is -2.40. The van der Waals surface area contributed by atoms with Crippen LogP contribution in [0.1, 0.15) is 33.1 Å². The molecule has 1 unspecified atom stereocenters. The summed E-state index contributed by atoms with van der Waals surface area (Å²) in [5.41, 5.74) is 0. The minimum absolute atomic E-state index is 0.0321. The molecule has 0 radical (unpaired) electrons. The molecule has 2 heterocycles.